The molecular weight excluding hydrogens is 478 g/mol. The van der Waals surface area contributed by atoms with E-state index in [1.165, 1.54) is 24.3 Å². The molecule has 0 radical (unpaired) electrons. The molecule has 8 nitrogen and oxygen atoms in total. The first-order valence-electron chi connectivity index (χ1n) is 10.5. The summed E-state index contributed by atoms with van der Waals surface area (Å²) in [5.41, 5.74) is 6.09. The van der Waals surface area contributed by atoms with Crippen LogP contribution in [0.2, 0.25) is 5.02 Å². The third-order valence-electron chi connectivity index (χ3n) is 5.05. The summed E-state index contributed by atoms with van der Waals surface area (Å²) in [4.78, 5) is 24.7. The lowest BCUT2D eigenvalue weighted by Gasteiger charge is -2.10. The van der Waals surface area contributed by atoms with Crippen LogP contribution in [0.1, 0.15) is 39.1 Å². The van der Waals surface area contributed by atoms with E-state index in [2.05, 4.69) is 15.6 Å². The minimum Gasteiger partial charge on any atom is -0.489 e. The first-order valence-corrected chi connectivity index (χ1v) is 12.4. The lowest BCUT2D eigenvalue weighted by atomic mass is 10.1. The monoisotopic (exact) mass is 499 g/mol. The van der Waals surface area contributed by atoms with Gasteiger partial charge in [0.2, 0.25) is 10.0 Å². The minimum atomic E-state index is -3.59. The molecular formula is C24H22ClN3O5S. The second-order valence-corrected chi connectivity index (χ2v) is 9.92. The lowest BCUT2D eigenvalue weighted by molar-refractivity contribution is 0.0846. The molecule has 2 amide bonds. The topological polar surface area (TPSA) is 114 Å². The van der Waals surface area contributed by atoms with Crippen molar-refractivity contribution in [2.24, 2.45) is 0 Å². The van der Waals surface area contributed by atoms with Crippen molar-refractivity contribution in [1.29, 1.82) is 0 Å². The SMILES string of the molecule is O=C(NNC(=O)c1ccc(S(=O)(=O)NC2CC2)cc1)c1ccc(COc2ccc(Cl)cc2)cc1. The van der Waals surface area contributed by atoms with Gasteiger partial charge in [-0.05, 0) is 79.1 Å². The summed E-state index contributed by atoms with van der Waals surface area (Å²) in [7, 11) is -3.59. The average molecular weight is 500 g/mol. The van der Waals surface area contributed by atoms with Gasteiger partial charge in [-0.3, -0.25) is 20.4 Å². The molecule has 176 valence electrons. The van der Waals surface area contributed by atoms with Crippen LogP contribution in [0.15, 0.2) is 77.7 Å². The zero-order valence-corrected chi connectivity index (χ0v) is 19.5. The molecule has 0 spiro atoms. The van der Waals surface area contributed by atoms with Crippen molar-refractivity contribution in [2.45, 2.75) is 30.4 Å². The second kappa shape index (κ2) is 10.3. The molecule has 0 heterocycles. The Hall–Kier alpha value is -3.40. The molecule has 0 aliphatic heterocycles. The van der Waals surface area contributed by atoms with Gasteiger partial charge in [-0.25, -0.2) is 13.1 Å². The van der Waals surface area contributed by atoms with Gasteiger partial charge in [0.25, 0.3) is 11.8 Å². The van der Waals surface area contributed by atoms with Crippen molar-refractivity contribution in [3.8, 4) is 5.75 Å². The molecule has 3 aromatic rings. The van der Waals surface area contributed by atoms with Gasteiger partial charge in [-0.1, -0.05) is 23.7 Å². The molecule has 1 aliphatic rings. The first-order chi connectivity index (χ1) is 16.3. The van der Waals surface area contributed by atoms with Crippen LogP contribution in [0, 0.1) is 0 Å². The molecule has 1 aliphatic carbocycles. The van der Waals surface area contributed by atoms with Gasteiger partial charge < -0.3 is 4.74 Å². The summed E-state index contributed by atoms with van der Waals surface area (Å²) in [6, 6.07) is 19.2. The fourth-order valence-electron chi connectivity index (χ4n) is 2.98. The summed E-state index contributed by atoms with van der Waals surface area (Å²) in [6.07, 6.45) is 1.67. The Morgan fingerprint density at radius 2 is 1.35 bits per heavy atom. The van der Waals surface area contributed by atoms with Crippen LogP contribution in [-0.4, -0.2) is 26.3 Å². The van der Waals surface area contributed by atoms with Crippen LogP contribution in [0.4, 0.5) is 0 Å². The number of nitrogens with one attached hydrogen (secondary N) is 3. The molecule has 1 fully saturated rings. The highest BCUT2D eigenvalue weighted by molar-refractivity contribution is 7.89. The highest BCUT2D eigenvalue weighted by atomic mass is 35.5. The maximum Gasteiger partial charge on any atom is 0.269 e. The Kier molecular flexibility index (Phi) is 7.16. The van der Waals surface area contributed by atoms with Crippen molar-refractivity contribution < 1.29 is 22.7 Å². The number of sulfonamides is 1. The predicted octanol–water partition coefficient (Wildman–Crippen LogP) is 3.43. The van der Waals surface area contributed by atoms with Gasteiger partial charge in [-0.15, -0.1) is 0 Å². The van der Waals surface area contributed by atoms with Crippen molar-refractivity contribution >= 4 is 33.4 Å². The summed E-state index contributed by atoms with van der Waals surface area (Å²) in [5.74, 6) is -0.384. The Balaban J connectivity index is 1.27. The molecule has 4 rings (SSSR count). The standard InChI is InChI=1S/C24H22ClN3O5S/c25-19-7-11-21(12-8-19)33-15-16-1-3-17(4-2-16)23(29)26-27-24(30)18-5-13-22(14-6-18)34(31,32)28-20-9-10-20/h1-8,11-14,20,28H,9-10,15H2,(H,26,29)(H,27,30). The Bertz CT molecular complexity index is 1270. The number of hydrogen-bond donors (Lipinski definition) is 3. The van der Waals surface area contributed by atoms with Crippen molar-refractivity contribution in [1.82, 2.24) is 15.6 Å². The van der Waals surface area contributed by atoms with E-state index in [1.54, 1.807) is 48.5 Å². The number of rotatable bonds is 8. The molecule has 10 heteroatoms. The third-order valence-corrected chi connectivity index (χ3v) is 6.84. The van der Waals surface area contributed by atoms with E-state index < -0.39 is 21.8 Å². The van der Waals surface area contributed by atoms with E-state index in [0.29, 0.717) is 22.9 Å². The Labute approximate surface area is 202 Å². The molecule has 0 saturated heterocycles. The van der Waals surface area contributed by atoms with Gasteiger partial charge in [0.05, 0.1) is 4.90 Å². The number of halogens is 1. The number of amides is 2. The minimum absolute atomic E-state index is 0.00624. The summed E-state index contributed by atoms with van der Waals surface area (Å²) in [6.45, 7) is 0.322. The molecule has 1 saturated carbocycles. The maximum atomic E-state index is 12.3. The summed E-state index contributed by atoms with van der Waals surface area (Å²) < 4.78 is 32.7. The number of hydrogen-bond acceptors (Lipinski definition) is 5. The fourth-order valence-corrected chi connectivity index (χ4v) is 4.41. The number of hydrazine groups is 1. The molecule has 34 heavy (non-hydrogen) atoms. The molecule has 0 aromatic heterocycles. The Morgan fingerprint density at radius 3 is 1.88 bits per heavy atom. The lowest BCUT2D eigenvalue weighted by Crippen LogP contribution is -2.41. The van der Waals surface area contributed by atoms with Crippen LogP contribution < -0.4 is 20.3 Å². The quantitative estimate of drug-likeness (QED) is 0.411. The van der Waals surface area contributed by atoms with Crippen LogP contribution in [0.25, 0.3) is 0 Å². The number of ether oxygens (including phenoxy) is 1. The maximum absolute atomic E-state index is 12.3. The molecule has 0 bridgehead atoms. The van der Waals surface area contributed by atoms with Crippen LogP contribution >= 0.6 is 11.6 Å². The number of carbonyl (C=O) groups is 2. The largest absolute Gasteiger partial charge is 0.489 e. The smallest absolute Gasteiger partial charge is 0.269 e. The van der Waals surface area contributed by atoms with E-state index in [-0.39, 0.29) is 16.5 Å². The fraction of sp³-hybridized carbons (Fsp3) is 0.167. The zero-order chi connectivity index (χ0) is 24.1. The van der Waals surface area contributed by atoms with Crippen LogP contribution in [0.5, 0.6) is 5.75 Å². The number of carbonyl (C=O) groups excluding carboxylic acids is 2. The predicted molar refractivity (Wildman–Crippen MR) is 127 cm³/mol. The van der Waals surface area contributed by atoms with Crippen molar-refractivity contribution in [3.05, 3.63) is 94.5 Å². The van der Waals surface area contributed by atoms with Crippen LogP contribution in [0.3, 0.4) is 0 Å². The van der Waals surface area contributed by atoms with E-state index >= 15 is 0 Å². The van der Waals surface area contributed by atoms with Crippen molar-refractivity contribution in [3.63, 3.8) is 0 Å². The normalized spacial score (nSPS) is 13.2. The third kappa shape index (κ3) is 6.34. The van der Waals surface area contributed by atoms with E-state index in [4.69, 9.17) is 16.3 Å². The van der Waals surface area contributed by atoms with Crippen molar-refractivity contribution in [2.75, 3.05) is 0 Å². The molecule has 3 N–H and O–H groups in total. The summed E-state index contributed by atoms with van der Waals surface area (Å²) >= 11 is 5.85. The van der Waals surface area contributed by atoms with Gasteiger partial charge >= 0.3 is 0 Å². The zero-order valence-electron chi connectivity index (χ0n) is 18.0. The first kappa shape index (κ1) is 23.7. The van der Waals surface area contributed by atoms with Crippen LogP contribution in [-0.2, 0) is 16.6 Å². The molecule has 0 atom stereocenters. The highest BCUT2D eigenvalue weighted by Gasteiger charge is 2.28. The Morgan fingerprint density at radius 1 is 0.824 bits per heavy atom. The van der Waals surface area contributed by atoms with E-state index in [1.807, 2.05) is 0 Å². The van der Waals surface area contributed by atoms with Gasteiger partial charge in [0, 0.05) is 22.2 Å². The summed E-state index contributed by atoms with van der Waals surface area (Å²) in [5, 5.41) is 0.626. The number of benzene rings is 3. The van der Waals surface area contributed by atoms with Gasteiger partial charge in [0.1, 0.15) is 12.4 Å². The highest BCUT2D eigenvalue weighted by Crippen LogP contribution is 2.22. The van der Waals surface area contributed by atoms with Gasteiger partial charge in [0.15, 0.2) is 0 Å². The molecule has 3 aromatic carbocycles. The van der Waals surface area contributed by atoms with E-state index in [9.17, 15) is 18.0 Å². The second-order valence-electron chi connectivity index (χ2n) is 7.77. The average Bonchev–Trinajstić information content (AvgIpc) is 3.65. The van der Waals surface area contributed by atoms with Gasteiger partial charge in [-0.2, -0.15) is 0 Å². The molecule has 0 unspecified atom stereocenters. The van der Waals surface area contributed by atoms with E-state index in [0.717, 1.165) is 18.4 Å².